The van der Waals surface area contributed by atoms with Gasteiger partial charge in [0.1, 0.15) is 18.0 Å². The van der Waals surface area contributed by atoms with Crippen molar-refractivity contribution in [2.24, 2.45) is 4.99 Å². The van der Waals surface area contributed by atoms with E-state index in [1.165, 1.54) is 6.08 Å². The number of anilines is 1. The van der Waals surface area contributed by atoms with Crippen molar-refractivity contribution in [3.63, 3.8) is 0 Å². The Morgan fingerprint density at radius 1 is 1.37 bits per heavy atom. The molecule has 1 aromatic heterocycles. The van der Waals surface area contributed by atoms with Gasteiger partial charge in [-0.25, -0.2) is 9.38 Å². The van der Waals surface area contributed by atoms with Crippen LogP contribution in [0.4, 0.5) is 10.1 Å². The summed E-state index contributed by atoms with van der Waals surface area (Å²) in [5.74, 6) is 0.316. The van der Waals surface area contributed by atoms with Crippen LogP contribution in [0.1, 0.15) is 19.8 Å². The Morgan fingerprint density at radius 3 is 2.47 bits per heavy atom. The lowest BCUT2D eigenvalue weighted by atomic mass is 10.1. The second kappa shape index (κ2) is 17.2. The van der Waals surface area contributed by atoms with Crippen LogP contribution < -0.4 is 10.2 Å². The summed E-state index contributed by atoms with van der Waals surface area (Å²) in [6, 6.07) is 3.79. The van der Waals surface area contributed by atoms with Crippen molar-refractivity contribution in [1.82, 2.24) is 10.3 Å². The van der Waals surface area contributed by atoms with Gasteiger partial charge in [-0.2, -0.15) is 0 Å². The van der Waals surface area contributed by atoms with E-state index in [4.69, 9.17) is 5.41 Å². The Balaban J connectivity index is 0.00000125. The number of aromatic nitrogens is 1. The summed E-state index contributed by atoms with van der Waals surface area (Å²) in [5.41, 5.74) is 2.26. The van der Waals surface area contributed by atoms with Crippen LogP contribution in [0.3, 0.4) is 0 Å². The van der Waals surface area contributed by atoms with Crippen LogP contribution in [0.15, 0.2) is 64.7 Å². The summed E-state index contributed by atoms with van der Waals surface area (Å²) < 4.78 is 17.8. The van der Waals surface area contributed by atoms with Gasteiger partial charge in [0.05, 0.1) is 6.61 Å². The second-order valence-electron chi connectivity index (χ2n) is 6.09. The molecule has 8 heteroatoms. The van der Waals surface area contributed by atoms with Gasteiger partial charge in [-0.15, -0.1) is 0 Å². The number of aliphatic hydroxyl groups excluding tert-OH is 1. The van der Waals surface area contributed by atoms with Crippen LogP contribution in [0, 0.1) is 5.41 Å². The van der Waals surface area contributed by atoms with Gasteiger partial charge >= 0.3 is 0 Å². The van der Waals surface area contributed by atoms with E-state index in [1.54, 1.807) is 39.6 Å². The minimum absolute atomic E-state index is 0.281. The number of halogens is 1. The van der Waals surface area contributed by atoms with Gasteiger partial charge in [0.2, 0.25) is 0 Å². The lowest BCUT2D eigenvalue weighted by Crippen LogP contribution is -2.25. The number of nitrogens with zero attached hydrogens (tertiary/aromatic N) is 3. The molecule has 7 nitrogen and oxygen atoms in total. The topological polar surface area (TPSA) is 93.8 Å². The van der Waals surface area contributed by atoms with E-state index in [0.29, 0.717) is 6.42 Å². The van der Waals surface area contributed by atoms with Crippen molar-refractivity contribution in [3.8, 4) is 0 Å². The van der Waals surface area contributed by atoms with E-state index < -0.39 is 5.83 Å². The fourth-order valence-electron chi connectivity index (χ4n) is 2.57. The van der Waals surface area contributed by atoms with E-state index >= 15 is 0 Å². The van der Waals surface area contributed by atoms with Crippen molar-refractivity contribution >= 4 is 17.9 Å². The van der Waals surface area contributed by atoms with Crippen LogP contribution in [0.2, 0.25) is 0 Å². The number of pyridine rings is 1. The predicted molar refractivity (Wildman–Crippen MR) is 123 cm³/mol. The SMILES string of the molecule is C/C=C(F)\C(=C/C/C=C1\CCN(c2ccncc2)C1=NC=N)CO.CNC.COC. The largest absolute Gasteiger partial charge is 0.392 e. The number of methoxy groups -OCH3 is 1. The lowest BCUT2D eigenvalue weighted by molar-refractivity contribution is 0.277. The zero-order valence-corrected chi connectivity index (χ0v) is 18.5. The van der Waals surface area contributed by atoms with Crippen molar-refractivity contribution in [3.05, 3.63) is 59.7 Å². The first-order valence-corrected chi connectivity index (χ1v) is 9.58. The highest BCUT2D eigenvalue weighted by Gasteiger charge is 2.24. The van der Waals surface area contributed by atoms with Gasteiger partial charge in [0.25, 0.3) is 0 Å². The van der Waals surface area contributed by atoms with Gasteiger partial charge in [-0.05, 0) is 51.6 Å². The molecule has 0 bridgehead atoms. The Hall–Kier alpha value is -2.68. The van der Waals surface area contributed by atoms with Crippen molar-refractivity contribution < 1.29 is 14.2 Å². The number of nitrogens with one attached hydrogen (secondary N) is 2. The number of aliphatic imine (C=N–C) groups is 1. The van der Waals surface area contributed by atoms with Crippen LogP contribution >= 0.6 is 0 Å². The summed E-state index contributed by atoms with van der Waals surface area (Å²) >= 11 is 0. The molecule has 0 aromatic carbocycles. The highest BCUT2D eigenvalue weighted by Crippen LogP contribution is 2.25. The first kappa shape index (κ1) is 27.3. The average molecular weight is 420 g/mol. The number of hydrogen-bond acceptors (Lipinski definition) is 5. The van der Waals surface area contributed by atoms with E-state index in [-0.39, 0.29) is 12.2 Å². The molecule has 0 spiro atoms. The second-order valence-corrected chi connectivity index (χ2v) is 6.09. The molecule has 2 rings (SSSR count). The molecule has 1 aliphatic rings. The maximum Gasteiger partial charge on any atom is 0.137 e. The summed E-state index contributed by atoms with van der Waals surface area (Å²) in [6.45, 7) is 2.03. The number of allylic oxidation sites excluding steroid dienone is 3. The number of amidine groups is 1. The van der Waals surface area contributed by atoms with Gasteiger partial charge in [0.15, 0.2) is 0 Å². The molecule has 2 heterocycles. The molecular weight excluding hydrogens is 385 g/mol. The molecule has 3 N–H and O–H groups in total. The maximum absolute atomic E-state index is 13.5. The molecule has 30 heavy (non-hydrogen) atoms. The standard InChI is InChI=1S/C18H21FN4O.C2H7N.C2H6O/c1-2-17(19)15(12-24)5-3-4-14-8-11-23(18(14)22-13-20)16-6-9-21-10-7-16;2*1-3-2/h2,4-7,9-10,13,20,24H,3,8,11-12H2,1H3;3H,1-2H3;1-2H3/b14-4+,15-5-,17-2+,20-13?,22-18?;;. The zero-order chi connectivity index (χ0) is 22.8. The quantitative estimate of drug-likeness (QED) is 0.373. The van der Waals surface area contributed by atoms with Crippen molar-refractivity contribution in [2.45, 2.75) is 19.8 Å². The molecule has 166 valence electrons. The first-order valence-electron chi connectivity index (χ1n) is 9.58. The number of aliphatic hydroxyl groups is 1. The van der Waals surface area contributed by atoms with Gasteiger partial charge < -0.3 is 20.1 Å². The maximum atomic E-state index is 13.5. The molecule has 0 amide bonds. The zero-order valence-electron chi connectivity index (χ0n) is 18.5. The third-order valence-corrected chi connectivity index (χ3v) is 3.77. The van der Waals surface area contributed by atoms with Crippen molar-refractivity contribution in [2.75, 3.05) is 46.4 Å². The van der Waals surface area contributed by atoms with Gasteiger partial charge in [0, 0.05) is 44.4 Å². The molecule has 1 saturated heterocycles. The first-order chi connectivity index (χ1) is 14.5. The van der Waals surface area contributed by atoms with Crippen LogP contribution in [-0.2, 0) is 4.74 Å². The third kappa shape index (κ3) is 9.69. The molecule has 1 fully saturated rings. The van der Waals surface area contributed by atoms with Gasteiger partial charge in [-0.1, -0.05) is 18.2 Å². The molecule has 0 unspecified atom stereocenters. The number of ether oxygens (including phenoxy) is 1. The summed E-state index contributed by atoms with van der Waals surface area (Å²) in [5, 5.41) is 19.2. The van der Waals surface area contributed by atoms with Crippen LogP contribution in [0.5, 0.6) is 0 Å². The third-order valence-electron chi connectivity index (χ3n) is 3.77. The average Bonchev–Trinajstić information content (AvgIpc) is 3.15. The lowest BCUT2D eigenvalue weighted by Gasteiger charge is -2.18. The fraction of sp³-hybridized carbons (Fsp3) is 0.409. The molecule has 1 aliphatic heterocycles. The molecule has 0 atom stereocenters. The monoisotopic (exact) mass is 419 g/mol. The van der Waals surface area contributed by atoms with Crippen LogP contribution in [-0.4, -0.2) is 63.7 Å². The number of rotatable bonds is 6. The molecule has 0 radical (unpaired) electrons. The van der Waals surface area contributed by atoms with Crippen LogP contribution in [0.25, 0.3) is 0 Å². The highest BCUT2D eigenvalue weighted by atomic mass is 19.1. The highest BCUT2D eigenvalue weighted by molar-refractivity contribution is 6.14. The minimum atomic E-state index is -0.408. The summed E-state index contributed by atoms with van der Waals surface area (Å²) in [4.78, 5) is 10.2. The Kier molecular flexibility index (Phi) is 15.7. The van der Waals surface area contributed by atoms with E-state index in [9.17, 15) is 9.50 Å². The van der Waals surface area contributed by atoms with E-state index in [2.05, 4.69) is 20.0 Å². The summed E-state index contributed by atoms with van der Waals surface area (Å²) in [6.07, 6.45) is 10.7. The van der Waals surface area contributed by atoms with Crippen molar-refractivity contribution in [1.29, 1.82) is 5.41 Å². The van der Waals surface area contributed by atoms with E-state index in [0.717, 1.165) is 36.4 Å². The molecule has 1 aromatic rings. The fourth-order valence-corrected chi connectivity index (χ4v) is 2.57. The van der Waals surface area contributed by atoms with Gasteiger partial charge in [-0.3, -0.25) is 10.4 Å². The summed E-state index contributed by atoms with van der Waals surface area (Å²) in [7, 11) is 7.00. The Bertz CT molecular complexity index is 728. The Labute approximate surface area is 179 Å². The smallest absolute Gasteiger partial charge is 0.137 e. The molecule has 0 saturated carbocycles. The normalized spacial score (nSPS) is 16.7. The molecular formula is C22H34FN5O2. The van der Waals surface area contributed by atoms with E-state index in [1.807, 2.05) is 37.2 Å². The molecule has 0 aliphatic carbocycles. The Morgan fingerprint density at radius 2 is 1.97 bits per heavy atom. The number of hydrogen-bond donors (Lipinski definition) is 3. The predicted octanol–water partition coefficient (Wildman–Crippen LogP) is 3.50. The minimum Gasteiger partial charge on any atom is -0.392 e.